The molecule has 21 heavy (non-hydrogen) atoms. The summed E-state index contributed by atoms with van der Waals surface area (Å²) in [7, 11) is 0. The molecule has 2 rings (SSSR count). The van der Waals surface area contributed by atoms with Crippen LogP contribution in [-0.2, 0) is 11.2 Å². The van der Waals surface area contributed by atoms with E-state index in [0.29, 0.717) is 13.0 Å². The third kappa shape index (κ3) is 5.94. The second-order valence-electron chi connectivity index (χ2n) is 4.82. The van der Waals surface area contributed by atoms with Gasteiger partial charge in [0.2, 0.25) is 5.91 Å². The number of hydrogen-bond acceptors (Lipinski definition) is 2. The average Bonchev–Trinajstić information content (AvgIpc) is 2.45. The van der Waals surface area contributed by atoms with Crippen molar-refractivity contribution in [3.8, 4) is 0 Å². The van der Waals surface area contributed by atoms with Gasteiger partial charge in [0.25, 0.3) is 0 Å². The number of thioether (sulfide) groups is 1. The van der Waals surface area contributed by atoms with E-state index < -0.39 is 0 Å². The molecule has 0 radical (unpaired) electrons. The van der Waals surface area contributed by atoms with Crippen LogP contribution in [0.4, 0.5) is 0 Å². The summed E-state index contributed by atoms with van der Waals surface area (Å²) in [5.41, 5.74) is 2.29. The molecule has 0 aliphatic rings. The van der Waals surface area contributed by atoms with E-state index in [1.807, 2.05) is 24.3 Å². The Morgan fingerprint density at radius 3 is 2.67 bits per heavy atom. The molecule has 2 nitrogen and oxygen atoms in total. The van der Waals surface area contributed by atoms with Gasteiger partial charge in [0.1, 0.15) is 0 Å². The van der Waals surface area contributed by atoms with Crippen LogP contribution in [0.5, 0.6) is 0 Å². The topological polar surface area (TPSA) is 29.1 Å². The molecule has 4 heteroatoms. The van der Waals surface area contributed by atoms with Crippen molar-refractivity contribution < 1.29 is 4.79 Å². The summed E-state index contributed by atoms with van der Waals surface area (Å²) in [6.07, 6.45) is 0.425. The lowest BCUT2D eigenvalue weighted by molar-refractivity contribution is -0.120. The summed E-state index contributed by atoms with van der Waals surface area (Å²) in [5.74, 6) is 0.949. The molecule has 0 aliphatic carbocycles. The quantitative estimate of drug-likeness (QED) is 0.615. The Kier molecular flexibility index (Phi) is 6.33. The highest BCUT2D eigenvalue weighted by Gasteiger charge is 2.03. The highest BCUT2D eigenvalue weighted by molar-refractivity contribution is 9.10. The Bertz CT molecular complexity index is 598. The van der Waals surface area contributed by atoms with Gasteiger partial charge in [-0.1, -0.05) is 45.8 Å². The molecule has 0 heterocycles. The second kappa shape index (κ2) is 8.25. The largest absolute Gasteiger partial charge is 0.355 e. The van der Waals surface area contributed by atoms with E-state index in [9.17, 15) is 4.79 Å². The van der Waals surface area contributed by atoms with E-state index in [-0.39, 0.29) is 5.91 Å². The van der Waals surface area contributed by atoms with Crippen molar-refractivity contribution in [1.82, 2.24) is 5.32 Å². The fourth-order valence-electron chi connectivity index (χ4n) is 1.89. The number of nitrogens with one attached hydrogen (secondary N) is 1. The third-order valence-electron chi connectivity index (χ3n) is 2.97. The maximum absolute atomic E-state index is 11.8. The van der Waals surface area contributed by atoms with E-state index >= 15 is 0 Å². The highest BCUT2D eigenvalue weighted by atomic mass is 79.9. The van der Waals surface area contributed by atoms with E-state index in [0.717, 1.165) is 15.8 Å². The van der Waals surface area contributed by atoms with Crippen molar-refractivity contribution in [3.05, 3.63) is 64.1 Å². The predicted octanol–water partition coefficient (Wildman–Crippen LogP) is 4.21. The molecule has 2 aromatic carbocycles. The maximum atomic E-state index is 11.8. The summed E-state index contributed by atoms with van der Waals surface area (Å²) in [6, 6.07) is 16.3. The normalized spacial score (nSPS) is 10.4. The van der Waals surface area contributed by atoms with Crippen LogP contribution >= 0.6 is 27.7 Å². The lowest BCUT2D eigenvalue weighted by Crippen LogP contribution is -2.27. The molecule has 0 atom stereocenters. The van der Waals surface area contributed by atoms with E-state index in [1.165, 1.54) is 10.5 Å². The molecule has 0 saturated heterocycles. The van der Waals surface area contributed by atoms with Crippen LogP contribution in [0.1, 0.15) is 11.1 Å². The number of hydrogen-bond donors (Lipinski definition) is 1. The monoisotopic (exact) mass is 363 g/mol. The van der Waals surface area contributed by atoms with Gasteiger partial charge in [-0.05, 0) is 36.8 Å². The molecule has 0 unspecified atom stereocenters. The summed E-state index contributed by atoms with van der Waals surface area (Å²) in [5, 5.41) is 2.96. The van der Waals surface area contributed by atoms with Crippen LogP contribution in [0.25, 0.3) is 0 Å². The molecule has 110 valence electrons. The smallest absolute Gasteiger partial charge is 0.224 e. The van der Waals surface area contributed by atoms with Gasteiger partial charge in [0.15, 0.2) is 0 Å². The number of halogens is 1. The van der Waals surface area contributed by atoms with Crippen molar-refractivity contribution in [2.24, 2.45) is 0 Å². The van der Waals surface area contributed by atoms with Gasteiger partial charge in [0, 0.05) is 21.7 Å². The molecule has 0 fully saturated rings. The van der Waals surface area contributed by atoms with Gasteiger partial charge >= 0.3 is 0 Å². The number of aryl methyl sites for hydroxylation is 1. The molecule has 0 spiro atoms. The van der Waals surface area contributed by atoms with Gasteiger partial charge in [-0.2, -0.15) is 0 Å². The van der Waals surface area contributed by atoms with Crippen LogP contribution < -0.4 is 5.32 Å². The molecule has 1 N–H and O–H groups in total. The van der Waals surface area contributed by atoms with Gasteiger partial charge in [0.05, 0.1) is 6.42 Å². The summed E-state index contributed by atoms with van der Waals surface area (Å²) in [4.78, 5) is 13.1. The first-order valence-corrected chi connectivity index (χ1v) is 8.62. The molecular formula is C17H18BrNOS. The fourth-order valence-corrected chi connectivity index (χ4v) is 3.10. The SMILES string of the molecule is Cc1ccc(SCCNC(=O)Cc2cccc(Br)c2)cc1. The maximum Gasteiger partial charge on any atom is 0.224 e. The molecule has 0 aromatic heterocycles. The minimum Gasteiger partial charge on any atom is -0.355 e. The predicted molar refractivity (Wildman–Crippen MR) is 92.8 cm³/mol. The van der Waals surface area contributed by atoms with Crippen molar-refractivity contribution >= 4 is 33.6 Å². The van der Waals surface area contributed by atoms with Crippen LogP contribution in [0.2, 0.25) is 0 Å². The molecule has 1 amide bonds. The van der Waals surface area contributed by atoms with Crippen molar-refractivity contribution in [2.75, 3.05) is 12.3 Å². The van der Waals surface area contributed by atoms with Crippen LogP contribution in [0, 0.1) is 6.92 Å². The Morgan fingerprint density at radius 1 is 1.19 bits per heavy atom. The van der Waals surface area contributed by atoms with Gasteiger partial charge in [-0.15, -0.1) is 11.8 Å². The number of amides is 1. The molecular weight excluding hydrogens is 346 g/mol. The lowest BCUT2D eigenvalue weighted by atomic mass is 10.1. The number of carbonyl (C=O) groups excluding carboxylic acids is 1. The van der Waals surface area contributed by atoms with Crippen LogP contribution in [0.3, 0.4) is 0 Å². The summed E-state index contributed by atoms with van der Waals surface area (Å²) < 4.78 is 1.00. The van der Waals surface area contributed by atoms with Crippen molar-refractivity contribution in [1.29, 1.82) is 0 Å². The Balaban J connectivity index is 1.68. The number of benzene rings is 2. The molecule has 2 aromatic rings. The Labute approximate surface area is 138 Å². The summed E-state index contributed by atoms with van der Waals surface area (Å²) >= 11 is 5.17. The average molecular weight is 364 g/mol. The summed E-state index contributed by atoms with van der Waals surface area (Å²) in [6.45, 7) is 2.77. The minimum atomic E-state index is 0.0672. The van der Waals surface area contributed by atoms with Crippen LogP contribution in [0.15, 0.2) is 57.9 Å². The van der Waals surface area contributed by atoms with E-state index in [1.54, 1.807) is 11.8 Å². The first-order chi connectivity index (χ1) is 10.1. The Morgan fingerprint density at radius 2 is 1.95 bits per heavy atom. The first kappa shape index (κ1) is 16.1. The zero-order valence-corrected chi connectivity index (χ0v) is 14.3. The molecule has 0 saturated carbocycles. The zero-order valence-electron chi connectivity index (χ0n) is 11.9. The van der Waals surface area contributed by atoms with E-state index in [4.69, 9.17) is 0 Å². The van der Waals surface area contributed by atoms with Crippen molar-refractivity contribution in [2.45, 2.75) is 18.2 Å². The third-order valence-corrected chi connectivity index (χ3v) is 4.47. The highest BCUT2D eigenvalue weighted by Crippen LogP contribution is 2.17. The zero-order chi connectivity index (χ0) is 15.1. The van der Waals surface area contributed by atoms with Gasteiger partial charge in [-0.3, -0.25) is 4.79 Å². The second-order valence-corrected chi connectivity index (χ2v) is 6.90. The standard InChI is InChI=1S/C17H18BrNOS/c1-13-5-7-16(8-6-13)21-10-9-19-17(20)12-14-3-2-4-15(18)11-14/h2-8,11H,9-10,12H2,1H3,(H,19,20). The number of rotatable bonds is 6. The fraction of sp³-hybridized carbons (Fsp3) is 0.235. The molecule has 0 aliphatic heterocycles. The minimum absolute atomic E-state index is 0.0672. The Hall–Kier alpha value is -1.26. The lowest BCUT2D eigenvalue weighted by Gasteiger charge is -2.06. The van der Waals surface area contributed by atoms with Gasteiger partial charge in [-0.25, -0.2) is 0 Å². The van der Waals surface area contributed by atoms with Crippen LogP contribution in [-0.4, -0.2) is 18.2 Å². The number of carbonyl (C=O) groups is 1. The van der Waals surface area contributed by atoms with E-state index in [2.05, 4.69) is 52.4 Å². The van der Waals surface area contributed by atoms with Gasteiger partial charge < -0.3 is 5.32 Å². The van der Waals surface area contributed by atoms with Crippen molar-refractivity contribution in [3.63, 3.8) is 0 Å². The first-order valence-electron chi connectivity index (χ1n) is 6.84. The molecule has 0 bridgehead atoms.